The molecule has 1 unspecified atom stereocenters. The van der Waals surface area contributed by atoms with Gasteiger partial charge in [0, 0.05) is 38.8 Å². The van der Waals surface area contributed by atoms with E-state index in [0.29, 0.717) is 44.8 Å². The van der Waals surface area contributed by atoms with E-state index < -0.39 is 6.04 Å². The highest BCUT2D eigenvalue weighted by Gasteiger charge is 2.36. The van der Waals surface area contributed by atoms with Crippen molar-refractivity contribution in [2.75, 3.05) is 19.6 Å². The van der Waals surface area contributed by atoms with E-state index in [-0.39, 0.29) is 23.4 Å². The molecule has 0 aliphatic carbocycles. The van der Waals surface area contributed by atoms with Crippen molar-refractivity contribution in [2.45, 2.75) is 44.8 Å². The van der Waals surface area contributed by atoms with Crippen LogP contribution >= 0.6 is 0 Å². The molecule has 3 amide bonds. The van der Waals surface area contributed by atoms with Gasteiger partial charge in [-0.05, 0) is 36.8 Å². The van der Waals surface area contributed by atoms with Crippen molar-refractivity contribution in [1.82, 2.24) is 24.9 Å². The molecule has 8 nitrogen and oxygen atoms in total. The number of aryl methyl sites for hydroxylation is 1. The zero-order chi connectivity index (χ0) is 24.9. The Labute approximate surface area is 210 Å². The van der Waals surface area contributed by atoms with Crippen LogP contribution in [0.15, 0.2) is 66.7 Å². The molecule has 0 spiro atoms. The summed E-state index contributed by atoms with van der Waals surface area (Å²) in [5, 5.41) is 7.47. The van der Waals surface area contributed by atoms with E-state index in [9.17, 15) is 14.4 Å². The number of hydrogen-bond donors (Lipinski definition) is 1. The first kappa shape index (κ1) is 23.8. The molecular formula is C28H31N5O3. The van der Waals surface area contributed by atoms with Crippen molar-refractivity contribution < 1.29 is 14.4 Å². The Morgan fingerprint density at radius 3 is 2.39 bits per heavy atom. The van der Waals surface area contributed by atoms with Gasteiger partial charge in [0.1, 0.15) is 11.7 Å². The van der Waals surface area contributed by atoms with Crippen LogP contribution in [0.25, 0.3) is 0 Å². The normalized spacial score (nSPS) is 17.6. The molecule has 1 fully saturated rings. The second kappa shape index (κ2) is 10.8. The minimum atomic E-state index is -0.514. The number of nitrogens with zero attached hydrogens (tertiary/aromatic N) is 4. The molecule has 2 aromatic carbocycles. The van der Waals surface area contributed by atoms with Crippen LogP contribution in [-0.4, -0.2) is 63.0 Å². The van der Waals surface area contributed by atoms with Gasteiger partial charge in [0.25, 0.3) is 11.8 Å². The average Bonchev–Trinajstić information content (AvgIpc) is 3.54. The van der Waals surface area contributed by atoms with Crippen molar-refractivity contribution in [1.29, 1.82) is 0 Å². The van der Waals surface area contributed by atoms with Crippen LogP contribution in [0.1, 0.15) is 51.4 Å². The average molecular weight is 486 g/mol. The molecule has 2 aliphatic rings. The Morgan fingerprint density at radius 2 is 1.64 bits per heavy atom. The van der Waals surface area contributed by atoms with Crippen LogP contribution < -0.4 is 5.32 Å². The van der Waals surface area contributed by atoms with Gasteiger partial charge in [0.15, 0.2) is 5.69 Å². The first-order valence-corrected chi connectivity index (χ1v) is 12.6. The van der Waals surface area contributed by atoms with Gasteiger partial charge in [-0.25, -0.2) is 0 Å². The summed E-state index contributed by atoms with van der Waals surface area (Å²) in [4.78, 5) is 43.0. The fraction of sp³-hybridized carbons (Fsp3) is 0.357. The van der Waals surface area contributed by atoms with Crippen LogP contribution in [0.4, 0.5) is 0 Å². The molecule has 1 saturated heterocycles. The summed E-state index contributed by atoms with van der Waals surface area (Å²) in [5.74, 6) is -0.555. The number of carbonyl (C=O) groups is 3. The minimum absolute atomic E-state index is 0.125. The highest BCUT2D eigenvalue weighted by molar-refractivity contribution is 6.00. The Bertz CT molecular complexity index is 1220. The van der Waals surface area contributed by atoms with E-state index in [1.165, 1.54) is 0 Å². The monoisotopic (exact) mass is 485 g/mol. The maximum Gasteiger partial charge on any atom is 0.275 e. The second-order valence-electron chi connectivity index (χ2n) is 9.39. The third kappa shape index (κ3) is 5.17. The lowest BCUT2D eigenvalue weighted by Crippen LogP contribution is -2.46. The zero-order valence-corrected chi connectivity index (χ0v) is 20.3. The Morgan fingerprint density at radius 1 is 0.917 bits per heavy atom. The van der Waals surface area contributed by atoms with E-state index in [4.69, 9.17) is 0 Å². The predicted molar refractivity (Wildman–Crippen MR) is 135 cm³/mol. The zero-order valence-electron chi connectivity index (χ0n) is 20.3. The quantitative estimate of drug-likeness (QED) is 0.558. The smallest absolute Gasteiger partial charge is 0.275 e. The van der Waals surface area contributed by atoms with Gasteiger partial charge in [-0.3, -0.25) is 19.1 Å². The Balaban J connectivity index is 1.25. The van der Waals surface area contributed by atoms with Crippen LogP contribution in [0, 0.1) is 0 Å². The number of aromatic nitrogens is 2. The molecule has 0 saturated carbocycles. The van der Waals surface area contributed by atoms with E-state index in [1.807, 2.05) is 65.6 Å². The molecular weight excluding hydrogens is 454 g/mol. The SMILES string of the molecule is O=C(NCCc1ccccc1)C1CCCN1C(=O)c1cc2n(n1)CCCN(Cc1ccccc1)C2=O. The maximum absolute atomic E-state index is 13.4. The number of likely N-dealkylation sites (tertiary alicyclic amines) is 1. The van der Waals surface area contributed by atoms with E-state index in [2.05, 4.69) is 10.4 Å². The van der Waals surface area contributed by atoms with Crippen molar-refractivity contribution in [2.24, 2.45) is 0 Å². The number of hydrogen-bond acceptors (Lipinski definition) is 4. The summed E-state index contributed by atoms with van der Waals surface area (Å²) in [5.41, 5.74) is 2.87. The lowest BCUT2D eigenvalue weighted by Gasteiger charge is -2.23. The number of rotatable bonds is 7. The first-order valence-electron chi connectivity index (χ1n) is 12.6. The molecule has 8 heteroatoms. The summed E-state index contributed by atoms with van der Waals surface area (Å²) in [6.45, 7) is 2.75. The summed E-state index contributed by atoms with van der Waals surface area (Å²) in [6, 6.07) is 20.9. The van der Waals surface area contributed by atoms with Crippen molar-refractivity contribution in [3.8, 4) is 0 Å². The van der Waals surface area contributed by atoms with Gasteiger partial charge < -0.3 is 15.1 Å². The maximum atomic E-state index is 13.4. The third-order valence-electron chi connectivity index (χ3n) is 6.89. The van der Waals surface area contributed by atoms with Crippen molar-refractivity contribution in [3.63, 3.8) is 0 Å². The van der Waals surface area contributed by atoms with Crippen LogP contribution in [-0.2, 0) is 24.3 Å². The van der Waals surface area contributed by atoms with Gasteiger partial charge in [-0.2, -0.15) is 5.10 Å². The Hall–Kier alpha value is -3.94. The van der Waals surface area contributed by atoms with Crippen LogP contribution in [0.5, 0.6) is 0 Å². The number of nitrogens with one attached hydrogen (secondary N) is 1. The van der Waals surface area contributed by atoms with Gasteiger partial charge in [0.05, 0.1) is 0 Å². The molecule has 2 aliphatic heterocycles. The largest absolute Gasteiger partial charge is 0.354 e. The summed E-state index contributed by atoms with van der Waals surface area (Å²) >= 11 is 0. The summed E-state index contributed by atoms with van der Waals surface area (Å²) in [7, 11) is 0. The lowest BCUT2D eigenvalue weighted by molar-refractivity contribution is -0.124. The van der Waals surface area contributed by atoms with Crippen LogP contribution in [0.3, 0.4) is 0 Å². The molecule has 36 heavy (non-hydrogen) atoms. The molecule has 5 rings (SSSR count). The molecule has 1 atom stereocenters. The minimum Gasteiger partial charge on any atom is -0.354 e. The molecule has 186 valence electrons. The fourth-order valence-corrected chi connectivity index (χ4v) is 5.02. The third-order valence-corrected chi connectivity index (χ3v) is 6.89. The first-order chi connectivity index (χ1) is 17.6. The molecule has 1 N–H and O–H groups in total. The van der Waals surface area contributed by atoms with E-state index in [0.717, 1.165) is 30.4 Å². The lowest BCUT2D eigenvalue weighted by atomic mass is 10.1. The number of benzene rings is 2. The topological polar surface area (TPSA) is 87.5 Å². The molecule has 0 radical (unpaired) electrons. The standard InChI is InChI=1S/C28H31N5O3/c34-26(29-15-14-21-9-3-1-4-10-21)24-13-7-17-32(24)27(35)23-19-25-28(36)31(16-8-18-33(25)30-23)20-22-11-5-2-6-12-22/h1-6,9-12,19,24H,7-8,13-18,20H2,(H,29,34). The molecule has 3 heterocycles. The van der Waals surface area contributed by atoms with Gasteiger partial charge >= 0.3 is 0 Å². The summed E-state index contributed by atoms with van der Waals surface area (Å²) in [6.07, 6.45) is 2.89. The highest BCUT2D eigenvalue weighted by atomic mass is 16.2. The number of fused-ring (bicyclic) bond motifs is 1. The van der Waals surface area contributed by atoms with E-state index >= 15 is 0 Å². The van der Waals surface area contributed by atoms with Gasteiger partial charge in [0.2, 0.25) is 5.91 Å². The predicted octanol–water partition coefficient (Wildman–Crippen LogP) is 2.89. The van der Waals surface area contributed by atoms with Gasteiger partial charge in [-0.1, -0.05) is 60.7 Å². The van der Waals surface area contributed by atoms with Gasteiger partial charge in [-0.15, -0.1) is 0 Å². The van der Waals surface area contributed by atoms with Crippen molar-refractivity contribution >= 4 is 17.7 Å². The van der Waals surface area contributed by atoms with E-state index in [1.54, 1.807) is 15.6 Å². The van der Waals surface area contributed by atoms with Crippen molar-refractivity contribution in [3.05, 3.63) is 89.2 Å². The highest BCUT2D eigenvalue weighted by Crippen LogP contribution is 2.22. The fourth-order valence-electron chi connectivity index (χ4n) is 5.02. The second-order valence-corrected chi connectivity index (χ2v) is 9.39. The van der Waals surface area contributed by atoms with Crippen LogP contribution in [0.2, 0.25) is 0 Å². The molecule has 0 bridgehead atoms. The number of carbonyl (C=O) groups excluding carboxylic acids is 3. The Kier molecular flexibility index (Phi) is 7.11. The molecule has 1 aromatic heterocycles. The summed E-state index contributed by atoms with van der Waals surface area (Å²) < 4.78 is 1.64. The number of amides is 3. The molecule has 3 aromatic rings.